The van der Waals surface area contributed by atoms with E-state index in [1.165, 1.54) is 6.20 Å². The first-order valence-electron chi connectivity index (χ1n) is 8.83. The molecule has 0 saturated heterocycles. The smallest absolute Gasteiger partial charge is 0.252 e. The molecule has 0 aliphatic heterocycles. The number of methoxy groups -OCH3 is 1. The topological polar surface area (TPSA) is 95.1 Å². The molecule has 1 amide bonds. The highest BCUT2D eigenvalue weighted by molar-refractivity contribution is 6.30. The maximum atomic E-state index is 12.1. The summed E-state index contributed by atoms with van der Waals surface area (Å²) >= 11 is 6.00. The van der Waals surface area contributed by atoms with Gasteiger partial charge in [-0.2, -0.15) is 5.10 Å². The van der Waals surface area contributed by atoms with Crippen molar-refractivity contribution in [2.24, 2.45) is 5.73 Å². The zero-order chi connectivity index (χ0) is 20.5. The third-order valence-electron chi connectivity index (χ3n) is 4.55. The summed E-state index contributed by atoms with van der Waals surface area (Å²) in [5.74, 6) is 0.109. The van der Waals surface area contributed by atoms with Crippen LogP contribution in [0.2, 0.25) is 5.02 Å². The summed E-state index contributed by atoms with van der Waals surface area (Å²) in [6.07, 6.45) is 1.46. The number of rotatable bonds is 5. The first kappa shape index (κ1) is 18.8. The molecule has 146 valence electrons. The van der Waals surface area contributed by atoms with E-state index in [0.717, 1.165) is 11.4 Å². The largest absolute Gasteiger partial charge is 0.497 e. The fourth-order valence-electron chi connectivity index (χ4n) is 3.18. The molecule has 0 aliphatic rings. The summed E-state index contributed by atoms with van der Waals surface area (Å²) in [7, 11) is 1.60. The van der Waals surface area contributed by atoms with Gasteiger partial charge >= 0.3 is 0 Å². The minimum absolute atomic E-state index is 0.277. The Labute approximate surface area is 172 Å². The second kappa shape index (κ2) is 7.44. The monoisotopic (exact) mass is 407 g/mol. The zero-order valence-corrected chi connectivity index (χ0v) is 16.6. The van der Waals surface area contributed by atoms with Crippen molar-refractivity contribution in [1.82, 2.24) is 14.8 Å². The van der Waals surface area contributed by atoms with Gasteiger partial charge in [0.1, 0.15) is 5.75 Å². The van der Waals surface area contributed by atoms with Crippen LogP contribution in [0.1, 0.15) is 16.1 Å². The molecule has 29 heavy (non-hydrogen) atoms. The van der Waals surface area contributed by atoms with Crippen LogP contribution in [0.25, 0.3) is 16.7 Å². The van der Waals surface area contributed by atoms with Crippen LogP contribution in [0.15, 0.2) is 54.7 Å². The maximum absolute atomic E-state index is 12.1. The molecule has 4 rings (SSSR count). The quantitative estimate of drug-likeness (QED) is 0.516. The molecule has 2 aromatic heterocycles. The number of hydrogen-bond donors (Lipinski definition) is 2. The normalized spacial score (nSPS) is 10.9. The molecular formula is C21H18ClN5O2. The number of nitrogens with zero attached hydrogens (tertiary/aromatic N) is 3. The molecule has 8 heteroatoms. The van der Waals surface area contributed by atoms with E-state index in [2.05, 4.69) is 15.4 Å². The molecule has 0 spiro atoms. The lowest BCUT2D eigenvalue weighted by Gasteiger charge is -2.13. The van der Waals surface area contributed by atoms with E-state index >= 15 is 0 Å². The van der Waals surface area contributed by atoms with E-state index < -0.39 is 5.91 Å². The highest BCUT2D eigenvalue weighted by Crippen LogP contribution is 2.33. The van der Waals surface area contributed by atoms with Gasteiger partial charge in [0, 0.05) is 23.0 Å². The number of amides is 1. The Morgan fingerprint density at radius 2 is 1.97 bits per heavy atom. The van der Waals surface area contributed by atoms with Crippen LogP contribution in [0.5, 0.6) is 5.75 Å². The molecule has 0 fully saturated rings. The second-order valence-electron chi connectivity index (χ2n) is 6.44. The lowest BCUT2D eigenvalue weighted by Crippen LogP contribution is -2.14. The Morgan fingerprint density at radius 1 is 1.21 bits per heavy atom. The van der Waals surface area contributed by atoms with Crippen molar-refractivity contribution in [3.8, 4) is 11.4 Å². The highest BCUT2D eigenvalue weighted by Gasteiger charge is 2.20. The van der Waals surface area contributed by atoms with Crippen LogP contribution in [0.3, 0.4) is 0 Å². The fourth-order valence-corrected chi connectivity index (χ4v) is 3.30. The number of aromatic nitrogens is 3. The number of pyridine rings is 1. The van der Waals surface area contributed by atoms with Gasteiger partial charge in [0.2, 0.25) is 0 Å². The summed E-state index contributed by atoms with van der Waals surface area (Å²) < 4.78 is 6.99. The molecule has 2 heterocycles. The SMILES string of the molecule is COc1cccc(Nc2c(C(N)=O)cnc3c2c(C)nn3-c2ccc(Cl)cc2)c1. The van der Waals surface area contributed by atoms with Gasteiger partial charge in [0.25, 0.3) is 5.91 Å². The van der Waals surface area contributed by atoms with Crippen LogP contribution in [0, 0.1) is 6.92 Å². The summed E-state index contributed by atoms with van der Waals surface area (Å²) in [5.41, 5.74) is 9.30. The van der Waals surface area contributed by atoms with Gasteiger partial charge in [-0.3, -0.25) is 4.79 Å². The molecule has 4 aromatic rings. The van der Waals surface area contributed by atoms with Crippen molar-refractivity contribution in [2.45, 2.75) is 6.92 Å². The predicted molar refractivity (Wildman–Crippen MR) is 113 cm³/mol. The van der Waals surface area contributed by atoms with Crippen molar-refractivity contribution in [1.29, 1.82) is 0 Å². The molecule has 7 nitrogen and oxygen atoms in total. The maximum Gasteiger partial charge on any atom is 0.252 e. The van der Waals surface area contributed by atoms with Gasteiger partial charge in [-0.25, -0.2) is 9.67 Å². The highest BCUT2D eigenvalue weighted by atomic mass is 35.5. The summed E-state index contributed by atoms with van der Waals surface area (Å²) in [5, 5.41) is 9.25. The summed E-state index contributed by atoms with van der Waals surface area (Å²) in [6.45, 7) is 1.86. The van der Waals surface area contributed by atoms with Crippen molar-refractivity contribution >= 4 is 39.9 Å². The number of anilines is 2. The number of carbonyl (C=O) groups is 1. The van der Waals surface area contributed by atoms with Crippen molar-refractivity contribution in [3.05, 3.63) is 71.0 Å². The van der Waals surface area contributed by atoms with Crippen LogP contribution in [-0.4, -0.2) is 27.8 Å². The Bertz CT molecular complexity index is 1220. The lowest BCUT2D eigenvalue weighted by molar-refractivity contribution is 0.100. The average Bonchev–Trinajstić information content (AvgIpc) is 3.06. The number of fused-ring (bicyclic) bond motifs is 1. The molecule has 2 aromatic carbocycles. The molecule has 0 bridgehead atoms. The number of halogens is 1. The van der Waals surface area contributed by atoms with Gasteiger partial charge in [-0.15, -0.1) is 0 Å². The third kappa shape index (κ3) is 3.48. The number of nitrogens with one attached hydrogen (secondary N) is 1. The third-order valence-corrected chi connectivity index (χ3v) is 4.80. The Morgan fingerprint density at radius 3 is 2.66 bits per heavy atom. The van der Waals surface area contributed by atoms with E-state index in [4.69, 9.17) is 22.1 Å². The van der Waals surface area contributed by atoms with Gasteiger partial charge in [0.15, 0.2) is 5.65 Å². The van der Waals surface area contributed by atoms with E-state index in [1.807, 2.05) is 43.3 Å². The number of nitrogens with two attached hydrogens (primary N) is 1. The Kier molecular flexibility index (Phi) is 4.82. The molecule has 0 atom stereocenters. The number of primary amides is 1. The number of carbonyl (C=O) groups excluding carboxylic acids is 1. The van der Waals surface area contributed by atoms with Gasteiger partial charge < -0.3 is 15.8 Å². The minimum Gasteiger partial charge on any atom is -0.497 e. The lowest BCUT2D eigenvalue weighted by atomic mass is 10.1. The van der Waals surface area contributed by atoms with Crippen LogP contribution in [-0.2, 0) is 0 Å². The second-order valence-corrected chi connectivity index (χ2v) is 6.88. The predicted octanol–water partition coefficient (Wildman–Crippen LogP) is 4.23. The van der Waals surface area contributed by atoms with Crippen LogP contribution >= 0.6 is 11.6 Å². The number of aryl methyl sites for hydroxylation is 1. The first-order chi connectivity index (χ1) is 14.0. The van der Waals surface area contributed by atoms with Crippen molar-refractivity contribution < 1.29 is 9.53 Å². The van der Waals surface area contributed by atoms with Crippen molar-refractivity contribution in [2.75, 3.05) is 12.4 Å². The Balaban J connectivity index is 1.92. The fraction of sp³-hybridized carbons (Fsp3) is 0.0952. The van der Waals surface area contributed by atoms with Gasteiger partial charge in [-0.1, -0.05) is 17.7 Å². The molecule has 0 radical (unpaired) electrons. The standard InChI is InChI=1S/C21H18ClN5O2/c1-12-18-19(25-14-4-3-5-16(10-14)29-2)17(20(23)28)11-24-21(18)27(26-12)15-8-6-13(22)7-9-15/h3-11H,1-2H3,(H2,23,28)(H,24,25). The zero-order valence-electron chi connectivity index (χ0n) is 15.8. The van der Waals surface area contributed by atoms with Crippen LogP contribution in [0.4, 0.5) is 11.4 Å². The molecule has 0 aliphatic carbocycles. The van der Waals surface area contributed by atoms with E-state index in [1.54, 1.807) is 23.9 Å². The molecule has 3 N–H and O–H groups in total. The van der Waals surface area contributed by atoms with Gasteiger partial charge in [0.05, 0.1) is 35.1 Å². The first-order valence-corrected chi connectivity index (χ1v) is 9.21. The number of ether oxygens (including phenoxy) is 1. The van der Waals surface area contributed by atoms with E-state index in [-0.39, 0.29) is 5.56 Å². The summed E-state index contributed by atoms with van der Waals surface area (Å²) in [4.78, 5) is 16.5. The van der Waals surface area contributed by atoms with Crippen molar-refractivity contribution in [3.63, 3.8) is 0 Å². The number of hydrogen-bond acceptors (Lipinski definition) is 5. The van der Waals surface area contributed by atoms with Gasteiger partial charge in [-0.05, 0) is 43.3 Å². The molecule has 0 unspecified atom stereocenters. The van der Waals surface area contributed by atoms with E-state index in [9.17, 15) is 4.79 Å². The molecule has 0 saturated carbocycles. The minimum atomic E-state index is -0.580. The number of benzene rings is 2. The molecular weight excluding hydrogens is 390 g/mol. The average molecular weight is 408 g/mol. The van der Waals surface area contributed by atoms with E-state index in [0.29, 0.717) is 33.2 Å². The Hall–Kier alpha value is -3.58. The summed E-state index contributed by atoms with van der Waals surface area (Å²) in [6, 6.07) is 14.7. The van der Waals surface area contributed by atoms with Crippen LogP contribution < -0.4 is 15.8 Å².